The van der Waals surface area contributed by atoms with Gasteiger partial charge in [-0.1, -0.05) is 35.9 Å². The van der Waals surface area contributed by atoms with Crippen LogP contribution in [0.3, 0.4) is 0 Å². The fourth-order valence-corrected chi connectivity index (χ4v) is 3.98. The summed E-state index contributed by atoms with van der Waals surface area (Å²) in [5.74, 6) is -0.0927. The van der Waals surface area contributed by atoms with E-state index >= 15 is 0 Å². The summed E-state index contributed by atoms with van der Waals surface area (Å²) in [4.78, 5) is 0. The Hall–Kier alpha value is -3.89. The molecule has 0 aliphatic carbocycles. The first-order chi connectivity index (χ1) is 15.9. The second-order valence-corrected chi connectivity index (χ2v) is 7.70. The Morgan fingerprint density at radius 1 is 1.18 bits per heavy atom. The third kappa shape index (κ3) is 4.38. The van der Waals surface area contributed by atoms with Gasteiger partial charge in [0.05, 0.1) is 17.5 Å². The van der Waals surface area contributed by atoms with E-state index in [2.05, 4.69) is 6.07 Å². The van der Waals surface area contributed by atoms with Gasteiger partial charge in [0.15, 0.2) is 11.5 Å². The zero-order valence-corrected chi connectivity index (χ0v) is 18.4. The van der Waals surface area contributed by atoms with Gasteiger partial charge >= 0.3 is 0 Å². The summed E-state index contributed by atoms with van der Waals surface area (Å²) in [6, 6.07) is 16.4. The van der Waals surface area contributed by atoms with Crippen LogP contribution >= 0.6 is 11.6 Å². The molecule has 0 fully saturated rings. The lowest BCUT2D eigenvalue weighted by molar-refractivity contribution is 0.265. The molecule has 6 nitrogen and oxygen atoms in total. The molecule has 0 saturated carbocycles. The highest BCUT2D eigenvalue weighted by Gasteiger charge is 2.32. The van der Waals surface area contributed by atoms with Gasteiger partial charge in [-0.3, -0.25) is 0 Å². The van der Waals surface area contributed by atoms with Gasteiger partial charge in [-0.05, 0) is 36.8 Å². The molecule has 33 heavy (non-hydrogen) atoms. The molecule has 3 aromatic rings. The summed E-state index contributed by atoms with van der Waals surface area (Å²) in [6.07, 6.45) is 0. The van der Waals surface area contributed by atoms with Crippen molar-refractivity contribution in [1.82, 2.24) is 0 Å². The Labute approximate surface area is 195 Å². The predicted octanol–water partition coefficient (Wildman–Crippen LogP) is 5.38. The second-order valence-electron chi connectivity index (χ2n) is 7.29. The molecule has 1 atom stereocenters. The van der Waals surface area contributed by atoms with Gasteiger partial charge < -0.3 is 25.1 Å². The van der Waals surface area contributed by atoms with Gasteiger partial charge in [-0.15, -0.1) is 0 Å². The molecule has 0 spiro atoms. The number of hydrogen-bond donors (Lipinski definition) is 2. The maximum Gasteiger partial charge on any atom is 0.205 e. The minimum atomic E-state index is -0.600. The predicted molar refractivity (Wildman–Crippen MR) is 121 cm³/mol. The lowest BCUT2D eigenvalue weighted by Gasteiger charge is -2.27. The minimum absolute atomic E-state index is 0.00522. The molecule has 3 aromatic carbocycles. The van der Waals surface area contributed by atoms with Gasteiger partial charge in [-0.2, -0.15) is 5.26 Å². The van der Waals surface area contributed by atoms with E-state index in [1.54, 1.807) is 36.4 Å². The standard InChI is InChI=1S/C25H20ClFN2O4/c1-2-31-22-10-15(9-19(26)24(22)32-13-14-5-3-4-6-20(14)27)23-17-8-7-16(30)11-21(17)33-25(29)18(23)12-28/h3-11,23,30H,2,13,29H2,1H3. The quantitative estimate of drug-likeness (QED) is 0.506. The molecule has 0 aromatic heterocycles. The van der Waals surface area contributed by atoms with Crippen molar-refractivity contribution in [2.45, 2.75) is 19.4 Å². The van der Waals surface area contributed by atoms with Crippen molar-refractivity contribution in [2.24, 2.45) is 5.73 Å². The third-order valence-corrected chi connectivity index (χ3v) is 5.48. The summed E-state index contributed by atoms with van der Waals surface area (Å²) in [5, 5.41) is 19.8. The van der Waals surface area contributed by atoms with E-state index in [-0.39, 0.29) is 40.4 Å². The molecule has 0 radical (unpaired) electrons. The number of nitrogens with zero attached hydrogens (tertiary/aromatic N) is 1. The molecule has 4 rings (SSSR count). The number of benzene rings is 3. The second kappa shape index (κ2) is 9.31. The van der Waals surface area contributed by atoms with Crippen LogP contribution in [0.25, 0.3) is 0 Å². The van der Waals surface area contributed by atoms with Crippen LogP contribution in [0, 0.1) is 17.1 Å². The zero-order chi connectivity index (χ0) is 23.5. The maximum atomic E-state index is 14.0. The smallest absolute Gasteiger partial charge is 0.205 e. The van der Waals surface area contributed by atoms with Crippen LogP contribution in [-0.2, 0) is 6.61 Å². The lowest BCUT2D eigenvalue weighted by Crippen LogP contribution is -2.21. The average Bonchev–Trinajstić information content (AvgIpc) is 2.78. The van der Waals surface area contributed by atoms with Crippen LogP contribution in [0.5, 0.6) is 23.0 Å². The van der Waals surface area contributed by atoms with Crippen molar-refractivity contribution < 1.29 is 23.7 Å². The molecule has 0 bridgehead atoms. The number of nitriles is 1. The molecule has 1 heterocycles. The largest absolute Gasteiger partial charge is 0.508 e. The van der Waals surface area contributed by atoms with Crippen LogP contribution in [0.1, 0.15) is 29.5 Å². The number of halogens is 2. The highest BCUT2D eigenvalue weighted by Crippen LogP contribution is 2.47. The summed E-state index contributed by atoms with van der Waals surface area (Å²) in [5.41, 5.74) is 7.84. The van der Waals surface area contributed by atoms with Crippen LogP contribution in [0.2, 0.25) is 5.02 Å². The summed E-state index contributed by atoms with van der Waals surface area (Å²) >= 11 is 6.57. The molecule has 0 amide bonds. The number of phenols is 1. The number of fused-ring (bicyclic) bond motifs is 1. The number of ether oxygens (including phenoxy) is 3. The van der Waals surface area contributed by atoms with Crippen molar-refractivity contribution in [2.75, 3.05) is 6.61 Å². The van der Waals surface area contributed by atoms with Gasteiger partial charge in [0.1, 0.15) is 35.6 Å². The fourth-order valence-electron chi connectivity index (χ4n) is 3.71. The topological polar surface area (TPSA) is 97.7 Å². The number of hydrogen-bond acceptors (Lipinski definition) is 6. The first-order valence-corrected chi connectivity index (χ1v) is 10.5. The Morgan fingerprint density at radius 3 is 2.70 bits per heavy atom. The molecule has 3 N–H and O–H groups in total. The number of rotatable bonds is 6. The Balaban J connectivity index is 1.77. The third-order valence-electron chi connectivity index (χ3n) is 5.20. The van der Waals surface area contributed by atoms with Crippen LogP contribution in [0.4, 0.5) is 4.39 Å². The van der Waals surface area contributed by atoms with E-state index in [0.29, 0.717) is 34.8 Å². The highest BCUT2D eigenvalue weighted by atomic mass is 35.5. The lowest BCUT2D eigenvalue weighted by atomic mass is 9.83. The first kappa shape index (κ1) is 22.3. The molecule has 1 aliphatic heterocycles. The number of phenolic OH excluding ortho intramolecular Hbond substituents is 1. The highest BCUT2D eigenvalue weighted by molar-refractivity contribution is 6.32. The van der Waals surface area contributed by atoms with Crippen molar-refractivity contribution in [3.63, 3.8) is 0 Å². The Kier molecular flexibility index (Phi) is 6.29. The minimum Gasteiger partial charge on any atom is -0.508 e. The molecule has 168 valence electrons. The zero-order valence-electron chi connectivity index (χ0n) is 17.6. The first-order valence-electron chi connectivity index (χ1n) is 10.2. The van der Waals surface area contributed by atoms with E-state index in [1.165, 1.54) is 18.2 Å². The molecular formula is C25H20ClFN2O4. The normalized spacial score (nSPS) is 14.8. The van der Waals surface area contributed by atoms with Crippen molar-refractivity contribution in [3.8, 4) is 29.1 Å². The maximum absolute atomic E-state index is 14.0. The average molecular weight is 467 g/mol. The van der Waals surface area contributed by atoms with Crippen LogP contribution in [0.15, 0.2) is 66.1 Å². The van der Waals surface area contributed by atoms with Crippen LogP contribution < -0.4 is 19.9 Å². The van der Waals surface area contributed by atoms with E-state index < -0.39 is 5.92 Å². The summed E-state index contributed by atoms with van der Waals surface area (Å²) < 4.78 is 31.2. The molecular weight excluding hydrogens is 447 g/mol. The number of aromatic hydroxyl groups is 1. The van der Waals surface area contributed by atoms with Crippen molar-refractivity contribution in [1.29, 1.82) is 5.26 Å². The molecule has 0 saturated heterocycles. The van der Waals surface area contributed by atoms with Crippen LogP contribution in [-0.4, -0.2) is 11.7 Å². The van der Waals surface area contributed by atoms with Crippen molar-refractivity contribution in [3.05, 3.63) is 93.6 Å². The van der Waals surface area contributed by atoms with E-state index in [9.17, 15) is 14.8 Å². The number of allylic oxidation sites excluding steroid dienone is 1. The molecule has 1 unspecified atom stereocenters. The van der Waals surface area contributed by atoms with E-state index in [4.69, 9.17) is 31.5 Å². The van der Waals surface area contributed by atoms with Gasteiger partial charge in [0.2, 0.25) is 5.88 Å². The molecule has 8 heteroatoms. The Morgan fingerprint density at radius 2 is 1.97 bits per heavy atom. The monoisotopic (exact) mass is 466 g/mol. The summed E-state index contributed by atoms with van der Waals surface area (Å²) in [7, 11) is 0. The van der Waals surface area contributed by atoms with Crippen molar-refractivity contribution >= 4 is 11.6 Å². The van der Waals surface area contributed by atoms with E-state index in [1.807, 2.05) is 6.92 Å². The van der Waals surface area contributed by atoms with Gasteiger partial charge in [-0.25, -0.2) is 4.39 Å². The SMILES string of the molecule is CCOc1cc(C2C(C#N)=C(N)Oc3cc(O)ccc32)cc(Cl)c1OCc1ccccc1F. The Bertz CT molecular complexity index is 1290. The van der Waals surface area contributed by atoms with Gasteiger partial charge in [0.25, 0.3) is 0 Å². The van der Waals surface area contributed by atoms with E-state index in [0.717, 1.165) is 0 Å². The fraction of sp³-hybridized carbons (Fsp3) is 0.160. The van der Waals surface area contributed by atoms with Gasteiger partial charge in [0, 0.05) is 17.2 Å². The summed E-state index contributed by atoms with van der Waals surface area (Å²) in [6.45, 7) is 2.10. The molecule has 1 aliphatic rings. The number of nitrogens with two attached hydrogens (primary N) is 1.